The molecule has 1 aliphatic carbocycles. The third-order valence-electron chi connectivity index (χ3n) is 3.32. The van der Waals surface area contributed by atoms with Crippen LogP contribution in [-0.4, -0.2) is 25.2 Å². The van der Waals surface area contributed by atoms with Gasteiger partial charge in [-0.25, -0.2) is 0 Å². The number of esters is 1. The molecule has 4 heteroatoms. The number of hydrogen-bond donors (Lipinski definition) is 1. The van der Waals surface area contributed by atoms with E-state index in [-0.39, 0.29) is 5.97 Å². The van der Waals surface area contributed by atoms with E-state index in [1.807, 2.05) is 13.0 Å². The Morgan fingerprint density at radius 2 is 2.17 bits per heavy atom. The lowest BCUT2D eigenvalue weighted by atomic mass is 9.76. The predicted octanol–water partition coefficient (Wildman–Crippen LogP) is 2.85. The summed E-state index contributed by atoms with van der Waals surface area (Å²) < 4.78 is 6.06. The SMILES string of the molecule is CCOC(=O)CNC1CC(c2ccccc2Br)C1. The van der Waals surface area contributed by atoms with Crippen molar-refractivity contribution in [2.24, 2.45) is 0 Å². The Hall–Kier alpha value is -0.870. The molecule has 18 heavy (non-hydrogen) atoms. The number of carbonyl (C=O) groups excluding carboxylic acids is 1. The number of halogens is 1. The van der Waals surface area contributed by atoms with E-state index in [0.29, 0.717) is 25.1 Å². The molecule has 0 aromatic heterocycles. The smallest absolute Gasteiger partial charge is 0.319 e. The Morgan fingerprint density at radius 3 is 2.83 bits per heavy atom. The summed E-state index contributed by atoms with van der Waals surface area (Å²) in [5, 5.41) is 3.23. The molecule has 0 amide bonds. The molecule has 2 rings (SSSR count). The maximum absolute atomic E-state index is 11.2. The average Bonchev–Trinajstić information content (AvgIpc) is 2.29. The Balaban J connectivity index is 1.74. The number of nitrogens with one attached hydrogen (secondary N) is 1. The Morgan fingerprint density at radius 1 is 1.44 bits per heavy atom. The summed E-state index contributed by atoms with van der Waals surface area (Å²) in [6.45, 7) is 2.59. The summed E-state index contributed by atoms with van der Waals surface area (Å²) in [5.74, 6) is 0.433. The van der Waals surface area contributed by atoms with Crippen LogP contribution in [0, 0.1) is 0 Å². The quantitative estimate of drug-likeness (QED) is 0.850. The first-order valence-electron chi connectivity index (χ1n) is 6.34. The standard InChI is InChI=1S/C14H18BrNO2/c1-2-18-14(17)9-16-11-7-10(8-11)12-5-3-4-6-13(12)15/h3-6,10-11,16H,2,7-9H2,1H3. The van der Waals surface area contributed by atoms with Gasteiger partial charge in [0.2, 0.25) is 0 Å². The van der Waals surface area contributed by atoms with Gasteiger partial charge in [0.15, 0.2) is 0 Å². The number of benzene rings is 1. The lowest BCUT2D eigenvalue weighted by Gasteiger charge is -2.36. The highest BCUT2D eigenvalue weighted by atomic mass is 79.9. The molecule has 98 valence electrons. The second-order valence-corrected chi connectivity index (χ2v) is 5.43. The minimum absolute atomic E-state index is 0.165. The molecule has 1 aliphatic rings. The molecule has 0 unspecified atom stereocenters. The average molecular weight is 312 g/mol. The van der Waals surface area contributed by atoms with Crippen molar-refractivity contribution in [1.29, 1.82) is 0 Å². The summed E-state index contributed by atoms with van der Waals surface area (Å²) in [7, 11) is 0. The first kappa shape index (κ1) is 13.6. The Kier molecular flexibility index (Phi) is 4.78. The fourth-order valence-electron chi connectivity index (χ4n) is 2.28. The highest BCUT2D eigenvalue weighted by Crippen LogP contribution is 2.39. The molecule has 1 saturated carbocycles. The van der Waals surface area contributed by atoms with Gasteiger partial charge in [-0.15, -0.1) is 0 Å². The van der Waals surface area contributed by atoms with Crippen LogP contribution in [0.5, 0.6) is 0 Å². The maximum Gasteiger partial charge on any atom is 0.319 e. The van der Waals surface area contributed by atoms with E-state index in [1.54, 1.807) is 0 Å². The van der Waals surface area contributed by atoms with Gasteiger partial charge >= 0.3 is 5.97 Å². The first-order chi connectivity index (χ1) is 8.70. The van der Waals surface area contributed by atoms with E-state index >= 15 is 0 Å². The van der Waals surface area contributed by atoms with Gasteiger partial charge in [0.05, 0.1) is 13.2 Å². The van der Waals surface area contributed by atoms with Crippen molar-refractivity contribution in [3.8, 4) is 0 Å². The molecular weight excluding hydrogens is 294 g/mol. The number of ether oxygens (including phenoxy) is 1. The van der Waals surface area contributed by atoms with Crippen LogP contribution in [0.1, 0.15) is 31.2 Å². The zero-order valence-electron chi connectivity index (χ0n) is 10.5. The summed E-state index contributed by atoms with van der Waals surface area (Å²) in [5.41, 5.74) is 1.37. The van der Waals surface area contributed by atoms with Gasteiger partial charge in [0.1, 0.15) is 0 Å². The van der Waals surface area contributed by atoms with Gasteiger partial charge in [-0.3, -0.25) is 4.79 Å². The minimum Gasteiger partial charge on any atom is -0.465 e. The fraction of sp³-hybridized carbons (Fsp3) is 0.500. The molecule has 0 heterocycles. The van der Waals surface area contributed by atoms with Crippen LogP contribution >= 0.6 is 15.9 Å². The largest absolute Gasteiger partial charge is 0.465 e. The van der Waals surface area contributed by atoms with Crippen LogP contribution in [0.4, 0.5) is 0 Å². The predicted molar refractivity (Wildman–Crippen MR) is 74.5 cm³/mol. The van der Waals surface area contributed by atoms with Crippen LogP contribution in [-0.2, 0) is 9.53 Å². The van der Waals surface area contributed by atoms with E-state index in [9.17, 15) is 4.79 Å². The van der Waals surface area contributed by atoms with Gasteiger partial charge in [0.25, 0.3) is 0 Å². The first-order valence-corrected chi connectivity index (χ1v) is 7.13. The second kappa shape index (κ2) is 6.34. The van der Waals surface area contributed by atoms with Crippen molar-refractivity contribution >= 4 is 21.9 Å². The molecule has 1 aromatic carbocycles. The van der Waals surface area contributed by atoms with Crippen molar-refractivity contribution in [3.63, 3.8) is 0 Å². The Bertz CT molecular complexity index is 416. The zero-order chi connectivity index (χ0) is 13.0. The van der Waals surface area contributed by atoms with Crippen LogP contribution < -0.4 is 5.32 Å². The molecular formula is C14H18BrNO2. The fourth-order valence-corrected chi connectivity index (χ4v) is 2.89. The normalized spacial score (nSPS) is 22.3. The van der Waals surface area contributed by atoms with Crippen molar-refractivity contribution in [2.45, 2.75) is 31.7 Å². The zero-order valence-corrected chi connectivity index (χ0v) is 12.1. The van der Waals surface area contributed by atoms with Crippen molar-refractivity contribution in [2.75, 3.05) is 13.2 Å². The van der Waals surface area contributed by atoms with Gasteiger partial charge in [-0.05, 0) is 37.3 Å². The third-order valence-corrected chi connectivity index (χ3v) is 4.05. The highest BCUT2D eigenvalue weighted by Gasteiger charge is 2.31. The number of carbonyl (C=O) groups is 1. The molecule has 0 bridgehead atoms. The molecule has 1 N–H and O–H groups in total. The van der Waals surface area contributed by atoms with Gasteiger partial charge in [0, 0.05) is 10.5 Å². The second-order valence-electron chi connectivity index (χ2n) is 4.57. The minimum atomic E-state index is -0.165. The summed E-state index contributed by atoms with van der Waals surface area (Å²) >= 11 is 3.58. The van der Waals surface area contributed by atoms with Crippen LogP contribution in [0.25, 0.3) is 0 Å². The molecule has 0 atom stereocenters. The Labute approximate surface area is 116 Å². The monoisotopic (exact) mass is 311 g/mol. The lowest BCUT2D eigenvalue weighted by Crippen LogP contribution is -2.42. The van der Waals surface area contributed by atoms with Crippen molar-refractivity contribution in [1.82, 2.24) is 5.32 Å². The van der Waals surface area contributed by atoms with E-state index in [1.165, 1.54) is 10.0 Å². The van der Waals surface area contributed by atoms with Crippen LogP contribution in [0.2, 0.25) is 0 Å². The van der Waals surface area contributed by atoms with Crippen molar-refractivity contribution in [3.05, 3.63) is 34.3 Å². The number of hydrogen-bond acceptors (Lipinski definition) is 3. The highest BCUT2D eigenvalue weighted by molar-refractivity contribution is 9.10. The summed E-state index contributed by atoms with van der Waals surface area (Å²) in [6, 6.07) is 8.78. The van der Waals surface area contributed by atoms with Gasteiger partial charge in [-0.2, -0.15) is 0 Å². The van der Waals surface area contributed by atoms with E-state index in [2.05, 4.69) is 39.4 Å². The topological polar surface area (TPSA) is 38.3 Å². The van der Waals surface area contributed by atoms with Crippen molar-refractivity contribution < 1.29 is 9.53 Å². The molecule has 1 fully saturated rings. The van der Waals surface area contributed by atoms with E-state index in [4.69, 9.17) is 4.74 Å². The molecule has 0 radical (unpaired) electrons. The molecule has 1 aromatic rings. The number of rotatable bonds is 5. The lowest BCUT2D eigenvalue weighted by molar-refractivity contribution is -0.142. The third kappa shape index (κ3) is 3.33. The maximum atomic E-state index is 11.2. The van der Waals surface area contributed by atoms with E-state index < -0.39 is 0 Å². The van der Waals surface area contributed by atoms with Gasteiger partial charge < -0.3 is 10.1 Å². The molecule has 0 spiro atoms. The van der Waals surface area contributed by atoms with Gasteiger partial charge in [-0.1, -0.05) is 34.1 Å². The molecule has 0 aliphatic heterocycles. The molecule has 0 saturated heterocycles. The van der Waals surface area contributed by atoms with E-state index in [0.717, 1.165) is 12.8 Å². The molecule has 3 nitrogen and oxygen atoms in total. The summed E-state index contributed by atoms with van der Waals surface area (Å²) in [4.78, 5) is 11.2. The van der Waals surface area contributed by atoms with Crippen LogP contribution in [0.15, 0.2) is 28.7 Å². The summed E-state index contributed by atoms with van der Waals surface area (Å²) in [6.07, 6.45) is 2.17. The van der Waals surface area contributed by atoms with Crippen LogP contribution in [0.3, 0.4) is 0 Å².